The highest BCUT2D eigenvalue weighted by atomic mass is 32.2. The molecular formula is C22H28N6O3S. The van der Waals surface area contributed by atoms with Gasteiger partial charge in [-0.1, -0.05) is 36.4 Å². The second kappa shape index (κ2) is 11.0. The first-order valence-corrected chi connectivity index (χ1v) is 11.7. The van der Waals surface area contributed by atoms with E-state index >= 15 is 0 Å². The minimum Gasteiger partial charge on any atom is -0.382 e. The van der Waals surface area contributed by atoms with Crippen LogP contribution in [0.15, 0.2) is 65.8 Å². The first-order chi connectivity index (χ1) is 15.5. The second-order valence-electron chi connectivity index (χ2n) is 6.89. The van der Waals surface area contributed by atoms with Gasteiger partial charge >= 0.3 is 0 Å². The van der Waals surface area contributed by atoms with Crippen molar-refractivity contribution in [2.45, 2.75) is 11.4 Å². The Hall–Kier alpha value is -3.05. The predicted molar refractivity (Wildman–Crippen MR) is 127 cm³/mol. The van der Waals surface area contributed by atoms with Crippen molar-refractivity contribution in [1.82, 2.24) is 24.6 Å². The number of sulfonamides is 1. The van der Waals surface area contributed by atoms with Crippen LogP contribution in [-0.4, -0.2) is 56.8 Å². The summed E-state index contributed by atoms with van der Waals surface area (Å²) in [6.45, 7) is 2.94. The summed E-state index contributed by atoms with van der Waals surface area (Å²) in [4.78, 5) is 9.09. The summed E-state index contributed by atoms with van der Waals surface area (Å²) >= 11 is 0. The van der Waals surface area contributed by atoms with Crippen LogP contribution in [0.3, 0.4) is 0 Å². The monoisotopic (exact) mass is 456 g/mol. The Kier molecular flexibility index (Phi) is 8.12. The van der Waals surface area contributed by atoms with E-state index in [1.807, 2.05) is 31.3 Å². The number of nitrogen functional groups attached to an aromatic ring is 1. The Morgan fingerprint density at radius 2 is 1.75 bits per heavy atom. The maximum Gasteiger partial charge on any atom is 0.240 e. The molecule has 0 radical (unpaired) electrons. The molecule has 4 N–H and O–H groups in total. The van der Waals surface area contributed by atoms with Crippen molar-refractivity contribution in [2.75, 3.05) is 39.6 Å². The van der Waals surface area contributed by atoms with Gasteiger partial charge in [0.15, 0.2) is 5.82 Å². The lowest BCUT2D eigenvalue weighted by Crippen LogP contribution is -2.18. The summed E-state index contributed by atoms with van der Waals surface area (Å²) in [5.41, 5.74) is 8.67. The first kappa shape index (κ1) is 23.6. The molecule has 0 fully saturated rings. The second-order valence-corrected chi connectivity index (χ2v) is 8.77. The normalized spacial score (nSPS) is 11.4. The molecule has 2 heterocycles. The Morgan fingerprint density at radius 1 is 1.03 bits per heavy atom. The lowest BCUT2D eigenvalue weighted by molar-refractivity contribution is 0.130. The Morgan fingerprint density at radius 3 is 2.47 bits per heavy atom. The van der Waals surface area contributed by atoms with Crippen LogP contribution in [0.2, 0.25) is 0 Å². The highest BCUT2D eigenvalue weighted by Crippen LogP contribution is 2.26. The van der Waals surface area contributed by atoms with Crippen LogP contribution in [0.1, 0.15) is 0 Å². The summed E-state index contributed by atoms with van der Waals surface area (Å²) in [7, 11) is 0.0544. The van der Waals surface area contributed by atoms with E-state index < -0.39 is 10.0 Å². The zero-order chi connectivity index (χ0) is 23.0. The first-order valence-electron chi connectivity index (χ1n) is 10.2. The number of anilines is 1. The topological polar surface area (TPSA) is 124 Å². The van der Waals surface area contributed by atoms with E-state index in [1.54, 1.807) is 36.7 Å². The fraction of sp³-hybridized carbons (Fsp3) is 0.273. The maximum absolute atomic E-state index is 11.1. The predicted octanol–water partition coefficient (Wildman–Crippen LogP) is 2.00. The van der Waals surface area contributed by atoms with Gasteiger partial charge in [0.25, 0.3) is 0 Å². The third kappa shape index (κ3) is 5.60. The van der Waals surface area contributed by atoms with E-state index in [0.717, 1.165) is 35.0 Å². The molecule has 0 aliphatic heterocycles. The van der Waals surface area contributed by atoms with Crippen LogP contribution in [0, 0.1) is 0 Å². The Bertz CT molecular complexity index is 1260. The third-order valence-electron chi connectivity index (χ3n) is 4.78. The van der Waals surface area contributed by atoms with E-state index in [1.165, 1.54) is 7.05 Å². The van der Waals surface area contributed by atoms with Crippen molar-refractivity contribution in [3.05, 3.63) is 60.9 Å². The standard InChI is InChI=1S/C15H19N5O.C7H9NO2S/c1-17-6-8-21-9-7-20-10-18-13-14(20)11-4-2-3-5-12(11)19-15(13)16;1-8-11(9,10)7-5-3-2-4-6-7/h2-5,10,17H,6-9H2,1H3,(H2,16,19);2-6,8H,1H3. The van der Waals surface area contributed by atoms with Crippen molar-refractivity contribution >= 4 is 37.8 Å². The number of nitrogens with one attached hydrogen (secondary N) is 2. The minimum atomic E-state index is -3.25. The van der Waals surface area contributed by atoms with E-state index in [0.29, 0.717) is 23.9 Å². The molecule has 4 aromatic rings. The summed E-state index contributed by atoms with van der Waals surface area (Å²) in [6.07, 6.45) is 1.80. The number of aromatic nitrogens is 3. The SMILES string of the molecule is CNCCOCCn1cnc2c(N)nc3ccccc3c21.CNS(=O)(=O)c1ccccc1. The van der Waals surface area contributed by atoms with Gasteiger partial charge in [0.05, 0.1) is 35.5 Å². The van der Waals surface area contributed by atoms with Gasteiger partial charge < -0.3 is 20.4 Å². The summed E-state index contributed by atoms with van der Waals surface area (Å²) in [5, 5.41) is 4.12. The van der Waals surface area contributed by atoms with E-state index in [2.05, 4.69) is 24.6 Å². The number of hydrogen-bond donors (Lipinski definition) is 3. The van der Waals surface area contributed by atoms with Gasteiger partial charge in [-0.15, -0.1) is 0 Å². The molecule has 32 heavy (non-hydrogen) atoms. The zero-order valence-corrected chi connectivity index (χ0v) is 19.0. The smallest absolute Gasteiger partial charge is 0.240 e. The van der Waals surface area contributed by atoms with Gasteiger partial charge in [0, 0.05) is 18.5 Å². The van der Waals surface area contributed by atoms with E-state index in [4.69, 9.17) is 10.5 Å². The molecule has 2 aromatic carbocycles. The average Bonchev–Trinajstić information content (AvgIpc) is 3.25. The van der Waals surface area contributed by atoms with Crippen LogP contribution in [0.5, 0.6) is 0 Å². The average molecular weight is 457 g/mol. The number of ether oxygens (including phenoxy) is 1. The highest BCUT2D eigenvalue weighted by molar-refractivity contribution is 7.89. The number of rotatable bonds is 8. The van der Waals surface area contributed by atoms with Crippen molar-refractivity contribution in [3.63, 3.8) is 0 Å². The van der Waals surface area contributed by atoms with Gasteiger partial charge in [-0.3, -0.25) is 0 Å². The maximum atomic E-state index is 11.1. The number of pyridine rings is 1. The van der Waals surface area contributed by atoms with Crippen LogP contribution in [0.4, 0.5) is 5.82 Å². The summed E-state index contributed by atoms with van der Waals surface area (Å²) in [5.74, 6) is 0.471. The molecule has 0 atom stereocenters. The highest BCUT2D eigenvalue weighted by Gasteiger charge is 2.11. The summed E-state index contributed by atoms with van der Waals surface area (Å²) in [6, 6.07) is 16.2. The molecule has 2 aromatic heterocycles. The van der Waals surface area contributed by atoms with Crippen LogP contribution >= 0.6 is 0 Å². The number of hydrogen-bond acceptors (Lipinski definition) is 7. The number of nitrogens with zero attached hydrogens (tertiary/aromatic N) is 3. The fourth-order valence-corrected chi connectivity index (χ4v) is 3.88. The zero-order valence-electron chi connectivity index (χ0n) is 18.2. The molecule has 0 aliphatic carbocycles. The van der Waals surface area contributed by atoms with Crippen molar-refractivity contribution in [3.8, 4) is 0 Å². The molecule has 170 valence electrons. The van der Waals surface area contributed by atoms with Gasteiger partial charge in [-0.2, -0.15) is 0 Å². The number of nitrogens with two attached hydrogens (primary N) is 1. The van der Waals surface area contributed by atoms with Crippen LogP contribution < -0.4 is 15.8 Å². The number of likely N-dealkylation sites (N-methyl/N-ethyl adjacent to an activating group) is 1. The molecule has 0 bridgehead atoms. The summed E-state index contributed by atoms with van der Waals surface area (Å²) < 4.78 is 32.1. The molecule has 0 saturated heterocycles. The van der Waals surface area contributed by atoms with E-state index in [9.17, 15) is 8.42 Å². The van der Waals surface area contributed by atoms with Crippen molar-refractivity contribution in [1.29, 1.82) is 0 Å². The Balaban J connectivity index is 0.000000222. The molecule has 9 nitrogen and oxygen atoms in total. The Labute approximate surface area is 187 Å². The van der Waals surface area contributed by atoms with Gasteiger partial charge in [0.2, 0.25) is 10.0 Å². The molecule has 4 rings (SSSR count). The third-order valence-corrected chi connectivity index (χ3v) is 6.21. The molecular weight excluding hydrogens is 428 g/mol. The number of benzene rings is 2. The van der Waals surface area contributed by atoms with Gasteiger partial charge in [0.1, 0.15) is 5.52 Å². The van der Waals surface area contributed by atoms with Gasteiger partial charge in [-0.25, -0.2) is 23.1 Å². The number of para-hydroxylation sites is 1. The molecule has 10 heteroatoms. The molecule has 0 saturated carbocycles. The number of fused-ring (bicyclic) bond motifs is 3. The van der Waals surface area contributed by atoms with Crippen LogP contribution in [-0.2, 0) is 21.3 Å². The van der Waals surface area contributed by atoms with E-state index in [-0.39, 0.29) is 0 Å². The fourth-order valence-electron chi connectivity index (χ4n) is 3.13. The largest absolute Gasteiger partial charge is 0.382 e. The molecule has 0 unspecified atom stereocenters. The minimum absolute atomic E-state index is 0.294. The van der Waals surface area contributed by atoms with Gasteiger partial charge in [-0.05, 0) is 32.3 Å². The lowest BCUT2D eigenvalue weighted by Gasteiger charge is -2.08. The molecule has 0 aliphatic rings. The van der Waals surface area contributed by atoms with Crippen molar-refractivity contribution in [2.24, 2.45) is 0 Å². The van der Waals surface area contributed by atoms with Crippen LogP contribution in [0.25, 0.3) is 21.9 Å². The quantitative estimate of drug-likeness (QED) is 0.346. The van der Waals surface area contributed by atoms with Crippen molar-refractivity contribution < 1.29 is 13.2 Å². The lowest BCUT2D eigenvalue weighted by atomic mass is 10.2. The molecule has 0 amide bonds. The number of imidazole rings is 1. The molecule has 0 spiro atoms.